The second-order valence-corrected chi connectivity index (χ2v) is 11.3. The molecule has 1 saturated heterocycles. The van der Waals surface area contributed by atoms with Crippen LogP contribution in [0.4, 0.5) is 16.2 Å². The zero-order valence-electron chi connectivity index (χ0n) is 20.5. The highest BCUT2D eigenvalue weighted by molar-refractivity contribution is 7.80. The maximum atomic E-state index is 12.6. The second-order valence-electron chi connectivity index (χ2n) is 9.07. The number of benzene rings is 4. The van der Waals surface area contributed by atoms with E-state index >= 15 is 0 Å². The molecule has 36 heavy (non-hydrogen) atoms. The van der Waals surface area contributed by atoms with Crippen LogP contribution in [0, 0.1) is 5.92 Å². The summed E-state index contributed by atoms with van der Waals surface area (Å²) in [5.41, 5.74) is 2.59. The molecule has 4 aromatic carbocycles. The Hall–Kier alpha value is -3.75. The van der Waals surface area contributed by atoms with Crippen LogP contribution in [-0.2, 0) is 4.74 Å². The minimum Gasteiger partial charge on any atom is -0.447 e. The van der Waals surface area contributed by atoms with Crippen molar-refractivity contribution in [3.8, 4) is 0 Å². The van der Waals surface area contributed by atoms with Gasteiger partial charge >= 0.3 is 6.09 Å². The summed E-state index contributed by atoms with van der Waals surface area (Å²) in [4.78, 5) is 19.3. The molecular weight excluding hydrogens is 463 g/mol. The van der Waals surface area contributed by atoms with Crippen LogP contribution < -0.4 is 20.8 Å². The van der Waals surface area contributed by atoms with E-state index in [4.69, 9.17) is 9.73 Å². The molecule has 0 N–H and O–H groups in total. The number of carbonyl (C=O) groups is 1. The van der Waals surface area contributed by atoms with Gasteiger partial charge in [-0.3, -0.25) is 9.89 Å². The summed E-state index contributed by atoms with van der Waals surface area (Å²) in [6.45, 7) is 4.62. The van der Waals surface area contributed by atoms with Crippen LogP contribution in [0.2, 0.25) is 0 Å². The van der Waals surface area contributed by atoms with Gasteiger partial charge in [0.1, 0.15) is 6.61 Å². The SMILES string of the molecule is CC(C)[C@H]1COC(=O)N1c1ccccc1N=Cc1ccccc1P(c1ccccc1)c1ccccc1. The van der Waals surface area contributed by atoms with Crippen molar-refractivity contribution in [3.63, 3.8) is 0 Å². The minimum atomic E-state index is -0.762. The zero-order chi connectivity index (χ0) is 24.9. The van der Waals surface area contributed by atoms with Crippen molar-refractivity contribution in [1.29, 1.82) is 0 Å². The van der Waals surface area contributed by atoms with Gasteiger partial charge in [0, 0.05) is 11.8 Å². The highest BCUT2D eigenvalue weighted by atomic mass is 31.1. The third kappa shape index (κ3) is 4.96. The van der Waals surface area contributed by atoms with Gasteiger partial charge in [-0.05, 0) is 41.9 Å². The first-order valence-corrected chi connectivity index (χ1v) is 13.6. The average molecular weight is 493 g/mol. The lowest BCUT2D eigenvalue weighted by Crippen LogP contribution is -2.37. The smallest absolute Gasteiger partial charge is 0.414 e. The molecule has 4 aromatic rings. The van der Waals surface area contributed by atoms with Crippen LogP contribution >= 0.6 is 7.92 Å². The van der Waals surface area contributed by atoms with E-state index in [1.807, 2.05) is 36.5 Å². The summed E-state index contributed by atoms with van der Waals surface area (Å²) in [7, 11) is -0.762. The van der Waals surface area contributed by atoms with Gasteiger partial charge in [-0.15, -0.1) is 0 Å². The van der Waals surface area contributed by atoms with Crippen molar-refractivity contribution in [2.75, 3.05) is 11.5 Å². The summed E-state index contributed by atoms with van der Waals surface area (Å²) in [5, 5.41) is 3.82. The Balaban J connectivity index is 1.56. The van der Waals surface area contributed by atoms with E-state index in [0.717, 1.165) is 16.9 Å². The van der Waals surface area contributed by atoms with Crippen molar-refractivity contribution >= 4 is 47.5 Å². The molecule has 1 fully saturated rings. The molecule has 1 aliphatic heterocycles. The molecule has 1 aliphatic rings. The van der Waals surface area contributed by atoms with E-state index in [2.05, 4.69) is 92.7 Å². The van der Waals surface area contributed by atoms with E-state index < -0.39 is 7.92 Å². The molecule has 0 unspecified atom stereocenters. The fourth-order valence-corrected chi connectivity index (χ4v) is 6.92. The Morgan fingerprint density at radius 1 is 0.833 bits per heavy atom. The van der Waals surface area contributed by atoms with Crippen molar-refractivity contribution < 1.29 is 9.53 Å². The van der Waals surface area contributed by atoms with Crippen LogP contribution in [-0.4, -0.2) is 25.0 Å². The summed E-state index contributed by atoms with van der Waals surface area (Å²) >= 11 is 0. The number of hydrogen-bond acceptors (Lipinski definition) is 3. The van der Waals surface area contributed by atoms with Gasteiger partial charge in [0.15, 0.2) is 0 Å². The Kier molecular flexibility index (Phi) is 7.25. The maximum Gasteiger partial charge on any atom is 0.414 e. The molecule has 0 saturated carbocycles. The molecule has 1 atom stereocenters. The van der Waals surface area contributed by atoms with Crippen LogP contribution in [0.1, 0.15) is 19.4 Å². The largest absolute Gasteiger partial charge is 0.447 e. The van der Waals surface area contributed by atoms with Crippen LogP contribution in [0.5, 0.6) is 0 Å². The number of nitrogens with zero attached hydrogens (tertiary/aromatic N) is 2. The summed E-state index contributed by atoms with van der Waals surface area (Å²) in [6.07, 6.45) is 1.62. The summed E-state index contributed by atoms with van der Waals surface area (Å²) < 4.78 is 5.40. The van der Waals surface area contributed by atoms with Crippen molar-refractivity contribution in [2.24, 2.45) is 10.9 Å². The predicted molar refractivity (Wildman–Crippen MR) is 151 cm³/mol. The van der Waals surface area contributed by atoms with Crippen LogP contribution in [0.3, 0.4) is 0 Å². The third-order valence-electron chi connectivity index (χ3n) is 6.37. The molecule has 1 heterocycles. The second kappa shape index (κ2) is 10.9. The Bertz CT molecular complexity index is 1320. The maximum absolute atomic E-state index is 12.6. The van der Waals surface area contributed by atoms with Crippen molar-refractivity contribution in [1.82, 2.24) is 0 Å². The number of para-hydroxylation sites is 2. The number of anilines is 1. The highest BCUT2D eigenvalue weighted by Gasteiger charge is 2.37. The topological polar surface area (TPSA) is 41.9 Å². The normalized spacial score (nSPS) is 15.7. The van der Waals surface area contributed by atoms with E-state index in [9.17, 15) is 4.79 Å². The van der Waals surface area contributed by atoms with Crippen molar-refractivity contribution in [2.45, 2.75) is 19.9 Å². The first-order chi connectivity index (χ1) is 17.6. The van der Waals surface area contributed by atoms with Crippen LogP contribution in [0.25, 0.3) is 0 Å². The third-order valence-corrected chi connectivity index (χ3v) is 8.88. The molecule has 0 aromatic heterocycles. The number of aliphatic imine (C=N–C) groups is 1. The molecule has 0 aliphatic carbocycles. The minimum absolute atomic E-state index is 0.00913. The fourth-order valence-electron chi connectivity index (χ4n) is 4.50. The number of carbonyl (C=O) groups excluding carboxylic acids is 1. The molecular formula is C31H29N2O2P. The van der Waals surface area contributed by atoms with Crippen LogP contribution in [0.15, 0.2) is 114 Å². The number of rotatable bonds is 7. The van der Waals surface area contributed by atoms with E-state index in [1.165, 1.54) is 15.9 Å². The Morgan fingerprint density at radius 2 is 1.42 bits per heavy atom. The van der Waals surface area contributed by atoms with Gasteiger partial charge in [0.05, 0.1) is 17.4 Å². The van der Waals surface area contributed by atoms with Gasteiger partial charge in [-0.1, -0.05) is 111 Å². The fraction of sp³-hybridized carbons (Fsp3) is 0.161. The number of amides is 1. The molecule has 0 radical (unpaired) electrons. The van der Waals surface area contributed by atoms with Gasteiger partial charge in [-0.2, -0.15) is 0 Å². The average Bonchev–Trinajstić information content (AvgIpc) is 3.31. The number of cyclic esters (lactones) is 1. The predicted octanol–water partition coefficient (Wildman–Crippen LogP) is 6.18. The quantitative estimate of drug-likeness (QED) is 0.229. The number of hydrogen-bond donors (Lipinski definition) is 0. The van der Waals surface area contributed by atoms with Gasteiger partial charge < -0.3 is 4.74 Å². The molecule has 4 nitrogen and oxygen atoms in total. The molecule has 180 valence electrons. The lowest BCUT2D eigenvalue weighted by atomic mass is 10.0. The Labute approximate surface area is 214 Å². The molecule has 0 bridgehead atoms. The number of ether oxygens (including phenoxy) is 1. The molecule has 1 amide bonds. The first kappa shape index (κ1) is 24.0. The van der Waals surface area contributed by atoms with E-state index in [0.29, 0.717) is 6.61 Å². The van der Waals surface area contributed by atoms with Gasteiger partial charge in [-0.25, -0.2) is 4.79 Å². The lowest BCUT2D eigenvalue weighted by molar-refractivity contribution is 0.177. The molecule has 5 heteroatoms. The van der Waals surface area contributed by atoms with E-state index in [1.54, 1.807) is 4.90 Å². The summed E-state index contributed by atoms with van der Waals surface area (Å²) in [5.74, 6) is 0.273. The molecule has 5 rings (SSSR count). The van der Waals surface area contributed by atoms with Gasteiger partial charge in [0.25, 0.3) is 0 Å². The Morgan fingerprint density at radius 3 is 2.08 bits per heavy atom. The van der Waals surface area contributed by atoms with E-state index in [-0.39, 0.29) is 18.1 Å². The lowest BCUT2D eigenvalue weighted by Gasteiger charge is -2.25. The van der Waals surface area contributed by atoms with Crippen molar-refractivity contribution in [3.05, 3.63) is 115 Å². The first-order valence-electron chi connectivity index (χ1n) is 12.2. The highest BCUT2D eigenvalue weighted by Crippen LogP contribution is 2.36. The van der Waals surface area contributed by atoms with Gasteiger partial charge in [0.2, 0.25) is 0 Å². The molecule has 0 spiro atoms. The zero-order valence-corrected chi connectivity index (χ0v) is 21.4. The monoisotopic (exact) mass is 492 g/mol. The summed E-state index contributed by atoms with van der Waals surface area (Å²) in [6, 6.07) is 37.5. The standard InChI is InChI=1S/C31H29N2O2P/c1-23(2)29-22-35-31(34)33(29)28-19-11-10-18-27(28)32-21-24-13-9-12-20-30(24)36(25-14-5-3-6-15-25)26-16-7-4-8-17-26/h3-21,23,29H,22H2,1-2H3/t29-/m1/s1.